The second-order valence-electron chi connectivity index (χ2n) is 8.40. The Morgan fingerprint density at radius 3 is 2.44 bits per heavy atom. The molecule has 2 aromatic heterocycles. The van der Waals surface area contributed by atoms with Gasteiger partial charge in [0.1, 0.15) is 17.1 Å². The Labute approximate surface area is 220 Å². The molecule has 3 heterocycles. The van der Waals surface area contributed by atoms with Crippen molar-refractivity contribution in [2.75, 3.05) is 43.4 Å². The van der Waals surface area contributed by atoms with Gasteiger partial charge in [0.15, 0.2) is 17.3 Å². The van der Waals surface area contributed by atoms with Crippen LogP contribution in [-0.4, -0.2) is 58.5 Å². The molecule has 0 aliphatic carbocycles. The number of rotatable bonds is 7. The van der Waals surface area contributed by atoms with E-state index in [9.17, 15) is 9.18 Å². The largest absolute Gasteiger partial charge is 0.484 e. The molecule has 0 radical (unpaired) electrons. The number of hydrogen-bond acceptors (Lipinski definition) is 8. The number of carbonyl (C=O) groups is 1. The normalized spacial score (nSPS) is 13.8. The van der Waals surface area contributed by atoms with Gasteiger partial charge in [-0.2, -0.15) is 4.98 Å². The van der Waals surface area contributed by atoms with Gasteiger partial charge in [0, 0.05) is 37.1 Å². The molecule has 2 N–H and O–H groups in total. The maximum absolute atomic E-state index is 13.2. The first-order chi connectivity index (χ1) is 17.4. The molecule has 1 saturated heterocycles. The van der Waals surface area contributed by atoms with Crippen LogP contribution < -0.4 is 15.4 Å². The molecular formula is C25H24BrFN6O2S. The third kappa shape index (κ3) is 5.73. The lowest BCUT2D eigenvalue weighted by Gasteiger charge is -2.35. The summed E-state index contributed by atoms with van der Waals surface area (Å²) < 4.78 is 19.8. The van der Waals surface area contributed by atoms with Gasteiger partial charge in [0.25, 0.3) is 5.91 Å². The van der Waals surface area contributed by atoms with Crippen LogP contribution in [0.5, 0.6) is 5.75 Å². The van der Waals surface area contributed by atoms with E-state index in [-0.39, 0.29) is 24.3 Å². The molecule has 0 spiro atoms. The minimum Gasteiger partial charge on any atom is -0.484 e. The van der Waals surface area contributed by atoms with E-state index in [0.29, 0.717) is 44.2 Å². The van der Waals surface area contributed by atoms with Gasteiger partial charge >= 0.3 is 0 Å². The third-order valence-electron chi connectivity index (χ3n) is 5.95. The Kier molecular flexibility index (Phi) is 7.28. The van der Waals surface area contributed by atoms with Crippen LogP contribution >= 0.6 is 27.3 Å². The van der Waals surface area contributed by atoms with Gasteiger partial charge in [-0.25, -0.2) is 14.4 Å². The summed E-state index contributed by atoms with van der Waals surface area (Å²) in [5.41, 5.74) is 7.78. The molecule has 36 heavy (non-hydrogen) atoms. The molecule has 1 fully saturated rings. The van der Waals surface area contributed by atoms with Crippen molar-refractivity contribution in [3.8, 4) is 5.75 Å². The van der Waals surface area contributed by atoms with E-state index in [0.717, 1.165) is 31.8 Å². The van der Waals surface area contributed by atoms with E-state index >= 15 is 0 Å². The van der Waals surface area contributed by atoms with Crippen LogP contribution in [0.25, 0.3) is 10.3 Å². The van der Waals surface area contributed by atoms with Gasteiger partial charge in [-0.1, -0.05) is 39.4 Å². The fourth-order valence-corrected chi connectivity index (χ4v) is 5.23. The molecule has 5 rings (SSSR count). The van der Waals surface area contributed by atoms with Crippen LogP contribution in [0.3, 0.4) is 0 Å². The van der Waals surface area contributed by atoms with E-state index in [1.54, 1.807) is 17.0 Å². The van der Waals surface area contributed by atoms with Crippen LogP contribution in [0.1, 0.15) is 10.6 Å². The highest BCUT2D eigenvalue weighted by Crippen LogP contribution is 2.30. The summed E-state index contributed by atoms with van der Waals surface area (Å²) in [4.78, 5) is 31.0. The summed E-state index contributed by atoms with van der Waals surface area (Å²) in [6, 6.07) is 13.9. The van der Waals surface area contributed by atoms with Gasteiger partial charge < -0.3 is 20.3 Å². The highest BCUT2D eigenvalue weighted by Gasteiger charge is 2.25. The number of nitrogens with two attached hydrogens (primary N) is 1. The standard InChI is InChI=1S/C25H24BrFN6O2S/c26-17-4-8-19(9-5-17)35-15-21(34)32-11-13-33(14-12-32)23-22-24(31-25(28)30-23)36-20(29-22)10-3-16-1-6-18(27)7-2-16/h1-2,4-9H,3,10-15H2,(H2,28,30,31). The van der Waals surface area contributed by atoms with Crippen molar-refractivity contribution in [3.05, 3.63) is 69.4 Å². The topological polar surface area (TPSA) is 97.5 Å². The first-order valence-electron chi connectivity index (χ1n) is 11.5. The van der Waals surface area contributed by atoms with Gasteiger partial charge in [0.2, 0.25) is 5.95 Å². The summed E-state index contributed by atoms with van der Waals surface area (Å²) in [6.07, 6.45) is 1.47. The number of halogens is 2. The molecular weight excluding hydrogens is 547 g/mol. The van der Waals surface area contributed by atoms with Gasteiger partial charge in [-0.15, -0.1) is 0 Å². The number of aromatic nitrogens is 3. The number of thiazole rings is 1. The predicted octanol–water partition coefficient (Wildman–Crippen LogP) is 4.08. The minimum atomic E-state index is -0.243. The SMILES string of the molecule is Nc1nc(N2CCN(C(=O)COc3ccc(Br)cc3)CC2)c2nc(CCc3ccc(F)cc3)sc2n1. The maximum atomic E-state index is 13.2. The average molecular weight is 571 g/mol. The third-order valence-corrected chi connectivity index (χ3v) is 7.49. The summed E-state index contributed by atoms with van der Waals surface area (Å²) in [7, 11) is 0. The number of anilines is 2. The van der Waals surface area contributed by atoms with Crippen molar-refractivity contribution in [3.63, 3.8) is 0 Å². The summed E-state index contributed by atoms with van der Waals surface area (Å²) >= 11 is 4.88. The average Bonchev–Trinajstić information content (AvgIpc) is 3.30. The molecule has 1 aliphatic heterocycles. The fourth-order valence-electron chi connectivity index (χ4n) is 4.03. The van der Waals surface area contributed by atoms with Crippen molar-refractivity contribution in [2.24, 2.45) is 0 Å². The zero-order valence-electron chi connectivity index (χ0n) is 19.4. The molecule has 1 aliphatic rings. The minimum absolute atomic E-state index is 0.00413. The van der Waals surface area contributed by atoms with E-state index in [1.807, 2.05) is 24.3 Å². The lowest BCUT2D eigenvalue weighted by molar-refractivity contribution is -0.133. The second-order valence-corrected chi connectivity index (χ2v) is 10.4. The summed E-state index contributed by atoms with van der Waals surface area (Å²) in [5.74, 6) is 1.25. The molecule has 0 bridgehead atoms. The number of ether oxygens (including phenoxy) is 1. The van der Waals surface area contributed by atoms with Crippen LogP contribution in [0, 0.1) is 5.82 Å². The summed E-state index contributed by atoms with van der Waals surface area (Å²) in [5, 5.41) is 0.925. The first-order valence-corrected chi connectivity index (χ1v) is 13.1. The van der Waals surface area contributed by atoms with E-state index in [4.69, 9.17) is 15.5 Å². The van der Waals surface area contributed by atoms with Gasteiger partial charge in [-0.05, 0) is 48.4 Å². The number of fused-ring (bicyclic) bond motifs is 1. The molecule has 0 atom stereocenters. The van der Waals surface area contributed by atoms with E-state index in [1.165, 1.54) is 23.5 Å². The monoisotopic (exact) mass is 570 g/mol. The van der Waals surface area contributed by atoms with Crippen LogP contribution in [0.4, 0.5) is 16.2 Å². The van der Waals surface area contributed by atoms with Gasteiger partial charge in [0.05, 0.1) is 5.01 Å². The Hall–Kier alpha value is -3.31. The van der Waals surface area contributed by atoms with Crippen molar-refractivity contribution < 1.29 is 13.9 Å². The van der Waals surface area contributed by atoms with Crippen molar-refractivity contribution in [1.82, 2.24) is 19.9 Å². The maximum Gasteiger partial charge on any atom is 0.260 e. The van der Waals surface area contributed by atoms with Crippen molar-refractivity contribution in [1.29, 1.82) is 0 Å². The molecule has 1 amide bonds. The molecule has 0 unspecified atom stereocenters. The van der Waals surface area contributed by atoms with Crippen molar-refractivity contribution >= 4 is 55.3 Å². The zero-order valence-corrected chi connectivity index (χ0v) is 21.8. The summed E-state index contributed by atoms with van der Waals surface area (Å²) in [6.45, 7) is 2.32. The number of piperazine rings is 1. The highest BCUT2D eigenvalue weighted by atomic mass is 79.9. The number of nitrogen functional groups attached to an aromatic ring is 1. The number of hydrogen-bond donors (Lipinski definition) is 1. The highest BCUT2D eigenvalue weighted by molar-refractivity contribution is 9.10. The zero-order chi connectivity index (χ0) is 25.1. The molecule has 0 saturated carbocycles. The smallest absolute Gasteiger partial charge is 0.260 e. The quantitative estimate of drug-likeness (QED) is 0.357. The molecule has 2 aromatic carbocycles. The molecule has 4 aromatic rings. The first kappa shape index (κ1) is 24.4. The molecule has 186 valence electrons. The Morgan fingerprint density at radius 2 is 1.72 bits per heavy atom. The number of aryl methyl sites for hydroxylation is 2. The van der Waals surface area contributed by atoms with Gasteiger partial charge in [-0.3, -0.25) is 4.79 Å². The lowest BCUT2D eigenvalue weighted by Crippen LogP contribution is -2.50. The lowest BCUT2D eigenvalue weighted by atomic mass is 10.1. The van der Waals surface area contributed by atoms with Crippen LogP contribution in [0.15, 0.2) is 53.0 Å². The number of amides is 1. The van der Waals surface area contributed by atoms with Crippen LogP contribution in [-0.2, 0) is 17.6 Å². The molecule has 8 nitrogen and oxygen atoms in total. The van der Waals surface area contributed by atoms with E-state index in [2.05, 4.69) is 30.8 Å². The predicted molar refractivity (Wildman–Crippen MR) is 142 cm³/mol. The number of benzene rings is 2. The number of carbonyl (C=O) groups excluding carboxylic acids is 1. The van der Waals surface area contributed by atoms with Crippen LogP contribution in [0.2, 0.25) is 0 Å². The Balaban J connectivity index is 1.22. The Morgan fingerprint density at radius 1 is 1.00 bits per heavy atom. The van der Waals surface area contributed by atoms with E-state index < -0.39 is 0 Å². The second kappa shape index (κ2) is 10.8. The Bertz CT molecular complexity index is 1360. The number of nitrogens with zero attached hydrogens (tertiary/aromatic N) is 5. The van der Waals surface area contributed by atoms with Crippen molar-refractivity contribution in [2.45, 2.75) is 12.8 Å². The molecule has 11 heteroatoms. The fraction of sp³-hybridized carbons (Fsp3) is 0.280.